The molecule has 1 aromatic carbocycles. The van der Waals surface area contributed by atoms with E-state index in [0.29, 0.717) is 16.6 Å². The predicted octanol–water partition coefficient (Wildman–Crippen LogP) is 2.54. The number of benzene rings is 1. The van der Waals surface area contributed by atoms with Gasteiger partial charge >= 0.3 is 0 Å². The van der Waals surface area contributed by atoms with E-state index in [2.05, 4.69) is 25.9 Å². The van der Waals surface area contributed by atoms with Gasteiger partial charge in [0.2, 0.25) is 0 Å². The van der Waals surface area contributed by atoms with Gasteiger partial charge in [-0.3, -0.25) is 14.3 Å². The average Bonchev–Trinajstić information content (AvgIpc) is 2.41. The van der Waals surface area contributed by atoms with Crippen molar-refractivity contribution in [2.45, 2.75) is 0 Å². The molecule has 88 valence electrons. The van der Waals surface area contributed by atoms with Crippen molar-refractivity contribution in [1.82, 2.24) is 14.5 Å². The maximum absolute atomic E-state index is 12.4. The molecule has 0 N–H and O–H groups in total. The first-order valence-electron chi connectivity index (χ1n) is 5.33. The van der Waals surface area contributed by atoms with E-state index in [1.807, 2.05) is 18.2 Å². The summed E-state index contributed by atoms with van der Waals surface area (Å²) in [4.78, 5) is 20.6. The second kappa shape index (κ2) is 4.34. The van der Waals surface area contributed by atoms with E-state index in [1.54, 1.807) is 24.5 Å². The van der Waals surface area contributed by atoms with Gasteiger partial charge in [0, 0.05) is 10.7 Å². The van der Waals surface area contributed by atoms with Gasteiger partial charge in [0.1, 0.15) is 6.33 Å². The summed E-state index contributed by atoms with van der Waals surface area (Å²) in [7, 11) is 0. The molecule has 0 radical (unpaired) electrons. The molecule has 3 aromatic rings. The van der Waals surface area contributed by atoms with E-state index in [0.717, 1.165) is 4.47 Å². The van der Waals surface area contributed by atoms with Crippen LogP contribution in [0.1, 0.15) is 0 Å². The van der Waals surface area contributed by atoms with Gasteiger partial charge in [0.15, 0.2) is 0 Å². The molecule has 3 rings (SSSR count). The number of pyridine rings is 1. The predicted molar refractivity (Wildman–Crippen MR) is 72.8 cm³/mol. The van der Waals surface area contributed by atoms with Crippen LogP contribution in [0, 0.1) is 0 Å². The Bertz CT molecular complexity index is 768. The fraction of sp³-hybridized carbons (Fsp3) is 0. The Kier molecular flexibility index (Phi) is 2.68. The highest BCUT2D eigenvalue weighted by atomic mass is 79.9. The van der Waals surface area contributed by atoms with Crippen molar-refractivity contribution in [3.63, 3.8) is 0 Å². The topological polar surface area (TPSA) is 47.8 Å². The zero-order chi connectivity index (χ0) is 12.5. The van der Waals surface area contributed by atoms with Gasteiger partial charge in [0.05, 0.1) is 22.8 Å². The smallest absolute Gasteiger partial charge is 0.265 e. The van der Waals surface area contributed by atoms with Crippen molar-refractivity contribution < 1.29 is 0 Å². The quantitative estimate of drug-likeness (QED) is 0.694. The van der Waals surface area contributed by atoms with Crippen molar-refractivity contribution in [2.75, 3.05) is 0 Å². The van der Waals surface area contributed by atoms with Gasteiger partial charge in [-0.2, -0.15) is 0 Å². The first-order valence-corrected chi connectivity index (χ1v) is 6.12. The van der Waals surface area contributed by atoms with Crippen molar-refractivity contribution in [3.8, 4) is 5.69 Å². The Hall–Kier alpha value is -2.01. The summed E-state index contributed by atoms with van der Waals surface area (Å²) in [5.41, 5.74) is 1.29. The van der Waals surface area contributed by atoms with Crippen LogP contribution in [0.15, 0.2) is 58.3 Å². The van der Waals surface area contributed by atoms with Crippen molar-refractivity contribution in [3.05, 3.63) is 63.9 Å². The van der Waals surface area contributed by atoms with Crippen LogP contribution in [-0.4, -0.2) is 14.5 Å². The van der Waals surface area contributed by atoms with Crippen LogP contribution in [0.4, 0.5) is 0 Å². The number of aromatic nitrogens is 3. The van der Waals surface area contributed by atoms with E-state index in [9.17, 15) is 4.79 Å². The molecule has 18 heavy (non-hydrogen) atoms. The Morgan fingerprint density at radius 3 is 2.89 bits per heavy atom. The molecule has 0 saturated carbocycles. The molecule has 0 fully saturated rings. The SMILES string of the molecule is O=c1c2cc(Br)ccc2ncn1-c1cccnc1. The molecule has 0 unspecified atom stereocenters. The molecule has 0 atom stereocenters. The fourth-order valence-corrected chi connectivity index (χ4v) is 2.14. The summed E-state index contributed by atoms with van der Waals surface area (Å²) in [6, 6.07) is 9.06. The second-order valence-corrected chi connectivity index (χ2v) is 4.71. The third kappa shape index (κ3) is 1.82. The highest BCUT2D eigenvalue weighted by molar-refractivity contribution is 9.10. The van der Waals surface area contributed by atoms with Gasteiger partial charge in [-0.15, -0.1) is 0 Å². The van der Waals surface area contributed by atoms with Crippen LogP contribution in [0.2, 0.25) is 0 Å². The molecule has 0 aliphatic carbocycles. The van der Waals surface area contributed by atoms with Gasteiger partial charge in [-0.1, -0.05) is 15.9 Å². The van der Waals surface area contributed by atoms with Crippen LogP contribution in [-0.2, 0) is 0 Å². The monoisotopic (exact) mass is 301 g/mol. The van der Waals surface area contributed by atoms with Crippen LogP contribution < -0.4 is 5.56 Å². The van der Waals surface area contributed by atoms with E-state index in [1.165, 1.54) is 10.9 Å². The summed E-state index contributed by atoms with van der Waals surface area (Å²) in [6.45, 7) is 0. The number of hydrogen-bond donors (Lipinski definition) is 0. The third-order valence-electron chi connectivity index (χ3n) is 2.64. The largest absolute Gasteiger partial charge is 0.268 e. The first-order chi connectivity index (χ1) is 8.75. The first kappa shape index (κ1) is 11.1. The number of rotatable bonds is 1. The van der Waals surface area contributed by atoms with Crippen LogP contribution >= 0.6 is 15.9 Å². The molecular weight excluding hydrogens is 294 g/mol. The standard InChI is InChI=1S/C13H8BrN3O/c14-9-3-4-12-11(6-9)13(18)17(8-16-12)10-2-1-5-15-7-10/h1-8H. The third-order valence-corrected chi connectivity index (χ3v) is 3.14. The lowest BCUT2D eigenvalue weighted by atomic mass is 10.2. The van der Waals surface area contributed by atoms with Crippen LogP contribution in [0.25, 0.3) is 16.6 Å². The highest BCUT2D eigenvalue weighted by Crippen LogP contribution is 2.15. The highest BCUT2D eigenvalue weighted by Gasteiger charge is 2.05. The minimum absolute atomic E-state index is 0.102. The Balaban J connectivity index is 2.33. The van der Waals surface area contributed by atoms with Gasteiger partial charge in [-0.25, -0.2) is 4.98 Å². The normalized spacial score (nSPS) is 10.7. The maximum Gasteiger partial charge on any atom is 0.265 e. The van der Waals surface area contributed by atoms with Crippen molar-refractivity contribution in [2.24, 2.45) is 0 Å². The summed E-state index contributed by atoms with van der Waals surface area (Å²) >= 11 is 3.36. The number of hydrogen-bond acceptors (Lipinski definition) is 3. The Labute approximate surface area is 111 Å². The van der Waals surface area contributed by atoms with Crippen molar-refractivity contribution >= 4 is 26.8 Å². The molecule has 4 nitrogen and oxygen atoms in total. The lowest BCUT2D eigenvalue weighted by Crippen LogP contribution is -2.18. The Morgan fingerprint density at radius 2 is 2.11 bits per heavy atom. The maximum atomic E-state index is 12.4. The van der Waals surface area contributed by atoms with E-state index < -0.39 is 0 Å². The molecule has 0 bridgehead atoms. The van der Waals surface area contributed by atoms with Crippen LogP contribution in [0.5, 0.6) is 0 Å². The van der Waals surface area contributed by atoms with Crippen molar-refractivity contribution in [1.29, 1.82) is 0 Å². The zero-order valence-corrected chi connectivity index (χ0v) is 10.8. The van der Waals surface area contributed by atoms with Gasteiger partial charge < -0.3 is 0 Å². The summed E-state index contributed by atoms with van der Waals surface area (Å²) in [5.74, 6) is 0. The summed E-state index contributed by atoms with van der Waals surface area (Å²) in [6.07, 6.45) is 4.82. The molecule has 0 spiro atoms. The van der Waals surface area contributed by atoms with E-state index in [4.69, 9.17) is 0 Å². The average molecular weight is 302 g/mol. The number of halogens is 1. The molecule has 0 aliphatic heterocycles. The molecule has 0 amide bonds. The van der Waals surface area contributed by atoms with Gasteiger partial charge in [-0.05, 0) is 30.3 Å². The number of fused-ring (bicyclic) bond motifs is 1. The lowest BCUT2D eigenvalue weighted by molar-refractivity contribution is 0.953. The molecule has 2 aromatic heterocycles. The lowest BCUT2D eigenvalue weighted by Gasteiger charge is -2.05. The fourth-order valence-electron chi connectivity index (χ4n) is 1.77. The summed E-state index contributed by atoms with van der Waals surface area (Å²) in [5, 5.41) is 0.579. The van der Waals surface area contributed by atoms with Crippen LogP contribution in [0.3, 0.4) is 0 Å². The zero-order valence-electron chi connectivity index (χ0n) is 9.25. The summed E-state index contributed by atoms with van der Waals surface area (Å²) < 4.78 is 2.35. The Morgan fingerprint density at radius 1 is 1.22 bits per heavy atom. The molecule has 0 saturated heterocycles. The van der Waals surface area contributed by atoms with E-state index >= 15 is 0 Å². The minimum Gasteiger partial charge on any atom is -0.268 e. The number of nitrogens with zero attached hydrogens (tertiary/aromatic N) is 3. The molecule has 0 aliphatic rings. The minimum atomic E-state index is -0.102. The molecular formula is C13H8BrN3O. The van der Waals surface area contributed by atoms with E-state index in [-0.39, 0.29) is 5.56 Å². The molecule has 2 heterocycles. The van der Waals surface area contributed by atoms with Gasteiger partial charge in [0.25, 0.3) is 5.56 Å². The molecule has 5 heteroatoms. The second-order valence-electron chi connectivity index (χ2n) is 3.79.